The van der Waals surface area contributed by atoms with E-state index >= 15 is 0 Å². The maximum Gasteiger partial charge on any atom is -0.0132 e. The zero-order chi connectivity index (χ0) is 9.61. The summed E-state index contributed by atoms with van der Waals surface area (Å²) in [4.78, 5) is 0. The van der Waals surface area contributed by atoms with Crippen LogP contribution in [0.4, 0.5) is 0 Å². The second-order valence-electron chi connectivity index (χ2n) is 3.62. The van der Waals surface area contributed by atoms with Crippen molar-refractivity contribution in [2.45, 2.75) is 26.2 Å². The van der Waals surface area contributed by atoms with E-state index in [1.807, 2.05) is 0 Å². The van der Waals surface area contributed by atoms with Crippen molar-refractivity contribution in [3.05, 3.63) is 35.9 Å². The van der Waals surface area contributed by atoms with Gasteiger partial charge >= 0.3 is 0 Å². The molecule has 0 heterocycles. The minimum absolute atomic E-state index is 0.293. The van der Waals surface area contributed by atoms with E-state index in [4.69, 9.17) is 5.41 Å². The minimum atomic E-state index is 0.293. The largest absolute Gasteiger partial charge is 0.317 e. The van der Waals surface area contributed by atoms with Gasteiger partial charge in [-0.15, -0.1) is 0 Å². The van der Waals surface area contributed by atoms with Crippen molar-refractivity contribution in [3.63, 3.8) is 0 Å². The summed E-state index contributed by atoms with van der Waals surface area (Å²) in [6, 6.07) is 10.6. The Bertz CT molecular complexity index is 208. The summed E-state index contributed by atoms with van der Waals surface area (Å²) in [7, 11) is 0. The van der Waals surface area contributed by atoms with Crippen molar-refractivity contribution in [1.29, 1.82) is 5.41 Å². The van der Waals surface area contributed by atoms with Gasteiger partial charge in [-0.1, -0.05) is 51.1 Å². The van der Waals surface area contributed by atoms with Crippen LogP contribution in [0.3, 0.4) is 0 Å². The molecule has 1 rings (SSSR count). The zero-order valence-electron chi connectivity index (χ0n) is 8.09. The van der Waals surface area contributed by atoms with Gasteiger partial charge in [0.05, 0.1) is 0 Å². The van der Waals surface area contributed by atoms with Crippen LogP contribution in [-0.4, -0.2) is 6.72 Å². The normalized spacial score (nSPS) is 9.92. The van der Waals surface area contributed by atoms with E-state index < -0.39 is 0 Å². The molecule has 0 amide bonds. The molecule has 0 atom stereocenters. The Labute approximate surface area is 74.9 Å². The average Bonchev–Trinajstić information content (AvgIpc) is 2.08. The molecule has 66 valence electrons. The van der Waals surface area contributed by atoms with E-state index in [9.17, 15) is 0 Å². The fourth-order valence-corrected chi connectivity index (χ4v) is 0.938. The molecule has 0 saturated carbocycles. The van der Waals surface area contributed by atoms with Crippen molar-refractivity contribution in [1.82, 2.24) is 0 Å². The Hall–Kier alpha value is -1.11. The van der Waals surface area contributed by atoms with Crippen LogP contribution in [0.15, 0.2) is 30.3 Å². The first-order valence-electron chi connectivity index (χ1n) is 4.01. The van der Waals surface area contributed by atoms with Crippen LogP contribution in [0.2, 0.25) is 0 Å². The molecule has 0 bridgehead atoms. The summed E-state index contributed by atoms with van der Waals surface area (Å²) in [5, 5.41) is 5.50. The van der Waals surface area contributed by atoms with Gasteiger partial charge in [0.15, 0.2) is 0 Å². The predicted molar refractivity (Wildman–Crippen MR) is 55.0 cm³/mol. The third-order valence-corrected chi connectivity index (χ3v) is 1.64. The maximum absolute atomic E-state index is 5.50. The lowest BCUT2D eigenvalue weighted by atomic mass is 9.87. The highest BCUT2D eigenvalue weighted by Gasteiger charge is 2.11. The van der Waals surface area contributed by atoms with Gasteiger partial charge in [0.1, 0.15) is 0 Å². The van der Waals surface area contributed by atoms with Crippen LogP contribution < -0.4 is 0 Å². The first kappa shape index (κ1) is 10.9. The highest BCUT2D eigenvalue weighted by molar-refractivity contribution is 5.21. The van der Waals surface area contributed by atoms with Crippen LogP contribution in [-0.2, 0) is 5.41 Å². The fraction of sp³-hybridized carbons (Fsp3) is 0.364. The molecule has 0 saturated heterocycles. The lowest BCUT2D eigenvalue weighted by Crippen LogP contribution is -2.10. The number of nitrogens with one attached hydrogen (secondary N) is 1. The third kappa shape index (κ3) is 3.33. The van der Waals surface area contributed by atoms with Crippen LogP contribution in [0, 0.1) is 5.41 Å². The third-order valence-electron chi connectivity index (χ3n) is 1.64. The van der Waals surface area contributed by atoms with Crippen LogP contribution in [0.5, 0.6) is 0 Å². The van der Waals surface area contributed by atoms with E-state index in [2.05, 4.69) is 57.8 Å². The highest BCUT2D eigenvalue weighted by atomic mass is 14.2. The van der Waals surface area contributed by atoms with Gasteiger partial charge in [-0.25, -0.2) is 0 Å². The minimum Gasteiger partial charge on any atom is -0.317 e. The molecule has 0 aromatic heterocycles. The van der Waals surface area contributed by atoms with Crippen molar-refractivity contribution in [3.8, 4) is 0 Å². The smallest absolute Gasteiger partial charge is 0.0132 e. The van der Waals surface area contributed by atoms with Gasteiger partial charge in [0, 0.05) is 0 Å². The van der Waals surface area contributed by atoms with Gasteiger partial charge in [-0.05, 0) is 17.7 Å². The second kappa shape index (κ2) is 4.70. The Morgan fingerprint density at radius 3 is 1.67 bits per heavy atom. The van der Waals surface area contributed by atoms with Crippen LogP contribution in [0.1, 0.15) is 26.3 Å². The number of hydrogen-bond donors (Lipinski definition) is 1. The molecule has 0 fully saturated rings. The summed E-state index contributed by atoms with van der Waals surface area (Å²) >= 11 is 0. The zero-order valence-corrected chi connectivity index (χ0v) is 8.09. The van der Waals surface area contributed by atoms with Crippen molar-refractivity contribution in [2.24, 2.45) is 0 Å². The Morgan fingerprint density at radius 2 is 1.42 bits per heavy atom. The maximum atomic E-state index is 5.50. The van der Waals surface area contributed by atoms with Gasteiger partial charge in [-0.2, -0.15) is 0 Å². The number of rotatable bonds is 0. The first-order chi connectivity index (χ1) is 5.61. The molecule has 1 N–H and O–H groups in total. The molecule has 12 heavy (non-hydrogen) atoms. The molecule has 0 aliphatic rings. The summed E-state index contributed by atoms with van der Waals surface area (Å²) in [5.74, 6) is 0. The fourth-order valence-electron chi connectivity index (χ4n) is 0.938. The van der Waals surface area contributed by atoms with E-state index in [-0.39, 0.29) is 0 Å². The molecule has 0 aliphatic heterocycles. The second-order valence-corrected chi connectivity index (χ2v) is 3.62. The first-order valence-corrected chi connectivity index (χ1v) is 4.01. The molecule has 0 radical (unpaired) electrons. The van der Waals surface area contributed by atoms with Gasteiger partial charge in [0.2, 0.25) is 0 Å². The molecule has 1 heteroatoms. The SMILES string of the molecule is C=N.CC(C)(C)c1ccccc1. The van der Waals surface area contributed by atoms with Gasteiger partial charge in [-0.3, -0.25) is 0 Å². The average molecular weight is 163 g/mol. The van der Waals surface area contributed by atoms with E-state index in [1.54, 1.807) is 0 Å². The summed E-state index contributed by atoms with van der Waals surface area (Å²) in [6.45, 7) is 9.17. The van der Waals surface area contributed by atoms with Crippen molar-refractivity contribution < 1.29 is 0 Å². The molecular formula is C11H17N. The predicted octanol–water partition coefficient (Wildman–Crippen LogP) is 3.25. The van der Waals surface area contributed by atoms with Crippen LogP contribution >= 0.6 is 0 Å². The van der Waals surface area contributed by atoms with Crippen molar-refractivity contribution in [2.75, 3.05) is 0 Å². The topological polar surface area (TPSA) is 23.9 Å². The van der Waals surface area contributed by atoms with Gasteiger partial charge in [0.25, 0.3) is 0 Å². The molecule has 0 spiro atoms. The van der Waals surface area contributed by atoms with E-state index in [1.165, 1.54) is 5.56 Å². The lowest BCUT2D eigenvalue weighted by Gasteiger charge is -2.18. The van der Waals surface area contributed by atoms with E-state index in [0.29, 0.717) is 5.41 Å². The molecule has 1 aromatic carbocycles. The monoisotopic (exact) mass is 163 g/mol. The van der Waals surface area contributed by atoms with E-state index in [0.717, 1.165) is 0 Å². The summed E-state index contributed by atoms with van der Waals surface area (Å²) in [5.41, 5.74) is 1.69. The van der Waals surface area contributed by atoms with Gasteiger partial charge < -0.3 is 5.41 Å². The summed E-state index contributed by atoms with van der Waals surface area (Å²) < 4.78 is 0. The van der Waals surface area contributed by atoms with Crippen molar-refractivity contribution >= 4 is 6.72 Å². The molecule has 0 unspecified atom stereocenters. The molecule has 1 aromatic rings. The lowest BCUT2D eigenvalue weighted by molar-refractivity contribution is 0.590. The highest BCUT2D eigenvalue weighted by Crippen LogP contribution is 2.20. The standard InChI is InChI=1S/C10H14.CH3N/c1-10(2,3)9-7-5-4-6-8-9;1-2/h4-8H,1-3H3;2H,1H2. The number of hydrogen-bond acceptors (Lipinski definition) is 1. The number of benzene rings is 1. The quantitative estimate of drug-likeness (QED) is 0.568. The molecule has 0 aliphatic carbocycles. The Kier molecular flexibility index (Phi) is 4.27. The molecule has 1 nitrogen and oxygen atoms in total. The summed E-state index contributed by atoms with van der Waals surface area (Å²) in [6.07, 6.45) is 0. The Morgan fingerprint density at radius 1 is 1.00 bits per heavy atom. The molecular weight excluding hydrogens is 146 g/mol. The Balaban J connectivity index is 0.000000561. The van der Waals surface area contributed by atoms with Crippen LogP contribution in [0.25, 0.3) is 0 Å².